The monoisotopic (exact) mass is 604 g/mol. The van der Waals surface area contributed by atoms with Crippen LogP contribution in [0, 0.1) is 24.2 Å². The number of likely N-dealkylation sites (tertiary alicyclic amines) is 1. The zero-order valence-corrected chi connectivity index (χ0v) is 28.1. The molecule has 1 saturated heterocycles. The van der Waals surface area contributed by atoms with Gasteiger partial charge in [0.25, 0.3) is 0 Å². The van der Waals surface area contributed by atoms with Gasteiger partial charge in [-0.25, -0.2) is 0 Å². The topological polar surface area (TPSA) is 68.6 Å². The number of aromatic nitrogens is 1. The molecular weight excluding hydrogens is 548 g/mol. The van der Waals surface area contributed by atoms with Gasteiger partial charge in [-0.15, -0.1) is 0 Å². The highest BCUT2D eigenvalue weighted by Crippen LogP contribution is 2.41. The lowest BCUT2D eigenvalue weighted by molar-refractivity contribution is -0.144. The fraction of sp³-hybridized carbons (Fsp3) is 0.658. The smallest absolute Gasteiger partial charge is 0.305 e. The largest absolute Gasteiger partial charge is 0.466 e. The second-order valence-corrected chi connectivity index (χ2v) is 13.9. The van der Waals surface area contributed by atoms with E-state index in [1.54, 1.807) is 0 Å². The lowest BCUT2D eigenvalue weighted by Gasteiger charge is -2.41. The molecule has 6 nitrogen and oxygen atoms in total. The third kappa shape index (κ3) is 8.29. The van der Waals surface area contributed by atoms with Crippen LogP contribution in [0.3, 0.4) is 0 Å². The van der Waals surface area contributed by atoms with Crippen LogP contribution in [0.15, 0.2) is 30.3 Å². The number of esters is 1. The molecule has 2 heterocycles. The van der Waals surface area contributed by atoms with Crippen molar-refractivity contribution in [1.82, 2.24) is 9.47 Å². The Morgan fingerprint density at radius 3 is 2.41 bits per heavy atom. The number of unbranched alkanes of at least 4 members (excludes halogenated alkanes) is 6. The van der Waals surface area contributed by atoms with Gasteiger partial charge in [0.15, 0.2) is 5.78 Å². The van der Waals surface area contributed by atoms with Crippen molar-refractivity contribution in [2.45, 2.75) is 118 Å². The third-order valence-corrected chi connectivity index (χ3v) is 10.2. The highest BCUT2D eigenvalue weighted by atomic mass is 16.5. The Kier molecular flexibility index (Phi) is 12.4. The van der Waals surface area contributed by atoms with Crippen LogP contribution >= 0.6 is 0 Å². The number of rotatable bonds is 16. The average molecular weight is 605 g/mol. The van der Waals surface area contributed by atoms with Gasteiger partial charge >= 0.3 is 5.97 Å². The van der Waals surface area contributed by atoms with Gasteiger partial charge in [-0.2, -0.15) is 0 Å². The summed E-state index contributed by atoms with van der Waals surface area (Å²) in [5, 5.41) is 0. The number of Topliss-reactive ketones (excluding diaryl/α,β-unsaturated/α-hetero) is 1. The lowest BCUT2D eigenvalue weighted by Crippen LogP contribution is -2.48. The van der Waals surface area contributed by atoms with Crippen LogP contribution in [0.1, 0.15) is 130 Å². The molecule has 0 amide bonds. The first-order valence-corrected chi connectivity index (χ1v) is 17.4. The Morgan fingerprint density at radius 2 is 1.70 bits per heavy atom. The van der Waals surface area contributed by atoms with E-state index in [1.165, 1.54) is 37.7 Å². The molecule has 2 atom stereocenters. The Balaban J connectivity index is 1.36. The van der Waals surface area contributed by atoms with Gasteiger partial charge in [-0.1, -0.05) is 96.6 Å². The van der Waals surface area contributed by atoms with Gasteiger partial charge in [-0.3, -0.25) is 19.0 Å². The van der Waals surface area contributed by atoms with Crippen molar-refractivity contribution in [3.63, 3.8) is 0 Å². The zero-order valence-electron chi connectivity index (χ0n) is 28.1. The molecule has 1 aliphatic heterocycles. The molecule has 4 rings (SSSR count). The second kappa shape index (κ2) is 16.0. The molecule has 0 bridgehead atoms. The van der Waals surface area contributed by atoms with Crippen molar-refractivity contribution >= 4 is 17.7 Å². The molecule has 0 spiro atoms. The van der Waals surface area contributed by atoms with Crippen LogP contribution < -0.4 is 0 Å². The zero-order chi connectivity index (χ0) is 31.7. The number of hydrogen-bond acceptors (Lipinski definition) is 5. The highest BCUT2D eigenvalue weighted by Gasteiger charge is 2.44. The molecule has 1 fully saturated rings. The predicted octanol–water partition coefficient (Wildman–Crippen LogP) is 8.02. The maximum Gasteiger partial charge on any atom is 0.305 e. The Morgan fingerprint density at radius 1 is 1.00 bits per heavy atom. The van der Waals surface area contributed by atoms with E-state index in [4.69, 9.17) is 4.74 Å². The van der Waals surface area contributed by atoms with Crippen molar-refractivity contribution in [1.29, 1.82) is 0 Å². The van der Waals surface area contributed by atoms with Gasteiger partial charge in [-0.05, 0) is 69.0 Å². The van der Waals surface area contributed by atoms with Crippen molar-refractivity contribution < 1.29 is 19.1 Å². The van der Waals surface area contributed by atoms with Crippen LogP contribution in [0.2, 0.25) is 0 Å². The Hall–Kier alpha value is -2.73. The number of carbonyl (C=O) groups is 3. The summed E-state index contributed by atoms with van der Waals surface area (Å²) in [5.41, 5.74) is 4.26. The normalized spacial score (nSPS) is 18.6. The number of ketones is 1. The first-order valence-electron chi connectivity index (χ1n) is 17.4. The number of carbonyl (C=O) groups excluding carboxylic acids is 3. The SMILES string of the molecule is CCCCCCCCCC(=O)OCCC(C)(C)C(=O)n1c(C)c(CC)c2c1CC1CCN(CCc3ccccc3)CC1C2=O. The Bertz CT molecular complexity index is 1260. The predicted molar refractivity (Wildman–Crippen MR) is 177 cm³/mol. The molecule has 2 aliphatic rings. The number of benzene rings is 1. The summed E-state index contributed by atoms with van der Waals surface area (Å²) < 4.78 is 7.43. The maximum atomic E-state index is 14.1. The van der Waals surface area contributed by atoms with Crippen LogP contribution in [-0.4, -0.2) is 53.4 Å². The molecule has 1 aromatic carbocycles. The van der Waals surface area contributed by atoms with E-state index in [2.05, 4.69) is 43.0 Å². The minimum Gasteiger partial charge on any atom is -0.466 e. The fourth-order valence-corrected chi connectivity index (χ4v) is 7.30. The summed E-state index contributed by atoms with van der Waals surface area (Å²) >= 11 is 0. The van der Waals surface area contributed by atoms with E-state index in [9.17, 15) is 14.4 Å². The number of hydrogen-bond donors (Lipinski definition) is 0. The fourth-order valence-electron chi connectivity index (χ4n) is 7.30. The molecule has 0 radical (unpaired) electrons. The maximum absolute atomic E-state index is 14.1. The van der Waals surface area contributed by atoms with Crippen LogP contribution in [0.25, 0.3) is 0 Å². The van der Waals surface area contributed by atoms with Gasteiger partial charge in [0.2, 0.25) is 5.91 Å². The first kappa shape index (κ1) is 34.1. The van der Waals surface area contributed by atoms with Gasteiger partial charge in [0.1, 0.15) is 0 Å². The van der Waals surface area contributed by atoms with Crippen molar-refractivity contribution in [3.8, 4) is 0 Å². The van der Waals surface area contributed by atoms with E-state index in [-0.39, 0.29) is 36.1 Å². The summed E-state index contributed by atoms with van der Waals surface area (Å²) in [5.74, 6) is 0.317. The van der Waals surface area contributed by atoms with E-state index in [0.29, 0.717) is 12.8 Å². The highest BCUT2D eigenvalue weighted by molar-refractivity contribution is 6.04. The number of ether oxygens (including phenoxy) is 1. The minimum atomic E-state index is -0.719. The standard InChI is InChI=1S/C38H56N2O4/c1-6-8-9-10-11-12-16-19-34(41)44-25-22-38(4,5)37(43)40-28(3)31(7-2)35-33(40)26-30-21-24-39(27-32(30)36(35)42)23-20-29-17-14-13-15-18-29/h13-15,17-18,30,32H,6-12,16,19-27H2,1-5H3. The molecule has 1 aliphatic carbocycles. The molecule has 0 saturated carbocycles. The quantitative estimate of drug-likeness (QED) is 0.143. The average Bonchev–Trinajstić information content (AvgIpc) is 3.30. The molecule has 2 aromatic rings. The van der Waals surface area contributed by atoms with Crippen LogP contribution in [-0.2, 0) is 28.8 Å². The molecule has 6 heteroatoms. The minimum absolute atomic E-state index is 0.000579. The molecule has 1 aromatic heterocycles. The Labute approximate surface area is 265 Å². The first-order chi connectivity index (χ1) is 21.2. The van der Waals surface area contributed by atoms with E-state index >= 15 is 0 Å². The molecule has 0 N–H and O–H groups in total. The van der Waals surface area contributed by atoms with E-state index in [1.807, 2.05) is 31.4 Å². The van der Waals surface area contributed by atoms with Crippen molar-refractivity contribution in [2.75, 3.05) is 26.2 Å². The third-order valence-electron chi connectivity index (χ3n) is 10.2. The van der Waals surface area contributed by atoms with E-state index < -0.39 is 5.41 Å². The second-order valence-electron chi connectivity index (χ2n) is 13.9. The van der Waals surface area contributed by atoms with Gasteiger partial charge in [0, 0.05) is 47.8 Å². The van der Waals surface area contributed by atoms with Crippen molar-refractivity contribution in [2.24, 2.45) is 17.3 Å². The summed E-state index contributed by atoms with van der Waals surface area (Å²) in [6.07, 6.45) is 12.5. The number of piperidine rings is 1. The lowest BCUT2D eigenvalue weighted by atomic mass is 9.72. The van der Waals surface area contributed by atoms with Crippen LogP contribution in [0.4, 0.5) is 0 Å². The summed E-state index contributed by atoms with van der Waals surface area (Å²) in [6.45, 7) is 13.2. The summed E-state index contributed by atoms with van der Waals surface area (Å²) in [7, 11) is 0. The summed E-state index contributed by atoms with van der Waals surface area (Å²) in [4.78, 5) is 43.0. The van der Waals surface area contributed by atoms with Gasteiger partial charge < -0.3 is 9.64 Å². The molecular formula is C38H56N2O4. The molecule has 2 unspecified atom stereocenters. The molecule has 44 heavy (non-hydrogen) atoms. The van der Waals surface area contributed by atoms with Crippen molar-refractivity contribution in [3.05, 3.63) is 58.4 Å². The number of nitrogens with zero attached hydrogens (tertiary/aromatic N) is 2. The summed E-state index contributed by atoms with van der Waals surface area (Å²) in [6, 6.07) is 10.6. The van der Waals surface area contributed by atoms with Crippen LogP contribution in [0.5, 0.6) is 0 Å². The number of fused-ring (bicyclic) bond motifs is 2. The van der Waals surface area contributed by atoms with E-state index in [0.717, 1.165) is 80.7 Å². The molecule has 242 valence electrons. The van der Waals surface area contributed by atoms with Gasteiger partial charge in [0.05, 0.1) is 6.61 Å².